The number of nitrogens with one attached hydrogen (secondary N) is 1. The number of nitrogens with zero attached hydrogens (tertiary/aromatic N) is 2. The van der Waals surface area contributed by atoms with Gasteiger partial charge in [-0.25, -0.2) is 8.42 Å². The van der Waals surface area contributed by atoms with Crippen molar-refractivity contribution >= 4 is 73.9 Å². The molecule has 0 fully saturated rings. The second-order valence-corrected chi connectivity index (χ2v) is 12.9. The number of carbonyl (C=O) groups is 2. The van der Waals surface area contributed by atoms with Crippen molar-refractivity contribution in [3.8, 4) is 0 Å². The van der Waals surface area contributed by atoms with E-state index in [-0.39, 0.29) is 39.5 Å². The van der Waals surface area contributed by atoms with Gasteiger partial charge in [0.2, 0.25) is 11.8 Å². The van der Waals surface area contributed by atoms with Gasteiger partial charge in [0.1, 0.15) is 12.6 Å². The molecule has 12 heteroatoms. The predicted octanol–water partition coefficient (Wildman–Crippen LogP) is 7.14. The Labute approximate surface area is 261 Å². The van der Waals surface area contributed by atoms with Gasteiger partial charge < -0.3 is 10.2 Å². The van der Waals surface area contributed by atoms with Gasteiger partial charge in [0, 0.05) is 23.1 Å². The average molecular weight is 659 g/mol. The highest BCUT2D eigenvalue weighted by molar-refractivity contribution is 7.92. The van der Waals surface area contributed by atoms with Gasteiger partial charge >= 0.3 is 0 Å². The molecular weight excluding hydrogens is 628 g/mol. The Morgan fingerprint density at radius 2 is 1.61 bits per heavy atom. The van der Waals surface area contributed by atoms with Gasteiger partial charge in [-0.1, -0.05) is 90.1 Å². The monoisotopic (exact) mass is 657 g/mol. The smallest absolute Gasteiger partial charge is 0.264 e. The number of carbonyl (C=O) groups excluding carboxylic acids is 2. The van der Waals surface area contributed by atoms with Gasteiger partial charge in [0.15, 0.2) is 0 Å². The third-order valence-electron chi connectivity index (χ3n) is 6.38. The van der Waals surface area contributed by atoms with E-state index in [2.05, 4.69) is 5.32 Å². The lowest BCUT2D eigenvalue weighted by molar-refractivity contribution is -0.140. The van der Waals surface area contributed by atoms with Crippen LogP contribution in [0.25, 0.3) is 0 Å². The van der Waals surface area contributed by atoms with Gasteiger partial charge in [0.05, 0.1) is 20.6 Å². The highest BCUT2D eigenvalue weighted by atomic mass is 35.5. The molecule has 0 saturated carbocycles. The molecular formula is C29H31Cl4N3O4S. The number of amides is 2. The minimum atomic E-state index is -4.29. The highest BCUT2D eigenvalue weighted by Gasteiger charge is 2.34. The molecule has 0 unspecified atom stereocenters. The first kappa shape index (κ1) is 33.0. The fourth-order valence-corrected chi connectivity index (χ4v) is 6.50. The molecule has 7 nitrogen and oxygen atoms in total. The van der Waals surface area contributed by atoms with Crippen molar-refractivity contribution in [3.63, 3.8) is 0 Å². The Morgan fingerprint density at radius 3 is 2.22 bits per heavy atom. The molecule has 220 valence electrons. The largest absolute Gasteiger partial charge is 0.354 e. The standard InChI is InChI=1S/C29H31Cl4N3O4S/c1-4-15-34-29(38)25(5-2)35(17-20-11-12-21(30)16-24(20)32)27(37)18-36(26-8-6-7-23(31)28(26)33)41(39,40)22-13-9-19(3)10-14-22/h6-14,16,25H,4-5,15,17-18H2,1-3H3,(H,34,38)/t25-/m0/s1. The quantitative estimate of drug-likeness (QED) is 0.224. The molecule has 0 aliphatic heterocycles. The van der Waals surface area contributed by atoms with Crippen LogP contribution in [0, 0.1) is 6.92 Å². The van der Waals surface area contributed by atoms with Crippen molar-refractivity contribution in [2.45, 2.75) is 51.1 Å². The zero-order chi connectivity index (χ0) is 30.3. The van der Waals surface area contributed by atoms with Gasteiger partial charge in [0.25, 0.3) is 10.0 Å². The van der Waals surface area contributed by atoms with Gasteiger partial charge in [-0.15, -0.1) is 0 Å². The van der Waals surface area contributed by atoms with Crippen LogP contribution in [0.4, 0.5) is 5.69 Å². The number of rotatable bonds is 12. The molecule has 0 aliphatic rings. The molecule has 0 saturated heterocycles. The van der Waals surface area contributed by atoms with E-state index in [1.54, 1.807) is 43.3 Å². The topological polar surface area (TPSA) is 86.8 Å². The summed E-state index contributed by atoms with van der Waals surface area (Å²) < 4.78 is 28.9. The Hall–Kier alpha value is -2.49. The van der Waals surface area contributed by atoms with Crippen molar-refractivity contribution in [1.29, 1.82) is 0 Å². The summed E-state index contributed by atoms with van der Waals surface area (Å²) in [6.45, 7) is 5.23. The first-order chi connectivity index (χ1) is 19.4. The average Bonchev–Trinajstić information content (AvgIpc) is 2.93. The summed E-state index contributed by atoms with van der Waals surface area (Å²) in [4.78, 5) is 28.6. The van der Waals surface area contributed by atoms with E-state index in [0.29, 0.717) is 28.6 Å². The summed E-state index contributed by atoms with van der Waals surface area (Å²) in [5.74, 6) is -0.997. The molecule has 0 bridgehead atoms. The molecule has 1 atom stereocenters. The lowest BCUT2D eigenvalue weighted by Gasteiger charge is -2.33. The Kier molecular flexibility index (Phi) is 11.8. The minimum Gasteiger partial charge on any atom is -0.354 e. The van der Waals surface area contributed by atoms with Crippen LogP contribution in [0.3, 0.4) is 0 Å². The van der Waals surface area contributed by atoms with Crippen molar-refractivity contribution in [3.05, 3.63) is 91.9 Å². The molecule has 3 rings (SSSR count). The van der Waals surface area contributed by atoms with E-state index in [9.17, 15) is 18.0 Å². The van der Waals surface area contributed by atoms with Crippen LogP contribution in [-0.2, 0) is 26.2 Å². The van der Waals surface area contributed by atoms with E-state index in [0.717, 1.165) is 9.87 Å². The van der Waals surface area contributed by atoms with E-state index >= 15 is 0 Å². The molecule has 41 heavy (non-hydrogen) atoms. The second-order valence-electron chi connectivity index (χ2n) is 9.37. The van der Waals surface area contributed by atoms with E-state index < -0.39 is 28.5 Å². The molecule has 3 aromatic rings. The van der Waals surface area contributed by atoms with Gasteiger partial charge in [-0.3, -0.25) is 13.9 Å². The summed E-state index contributed by atoms with van der Waals surface area (Å²) in [7, 11) is -4.29. The summed E-state index contributed by atoms with van der Waals surface area (Å²) in [5.41, 5.74) is 1.43. The first-order valence-electron chi connectivity index (χ1n) is 12.9. The summed E-state index contributed by atoms with van der Waals surface area (Å²) in [6, 6.07) is 14.7. The SMILES string of the molecule is CCCNC(=O)[C@H](CC)N(Cc1ccc(Cl)cc1Cl)C(=O)CN(c1cccc(Cl)c1Cl)S(=O)(=O)c1ccc(C)cc1. The molecule has 0 heterocycles. The normalized spacial score (nSPS) is 12.1. The molecule has 3 aromatic carbocycles. The second kappa shape index (κ2) is 14.6. The van der Waals surface area contributed by atoms with Crippen LogP contribution in [0.5, 0.6) is 0 Å². The number of benzene rings is 3. The van der Waals surface area contributed by atoms with Crippen LogP contribution in [0.15, 0.2) is 65.6 Å². The lowest BCUT2D eigenvalue weighted by Crippen LogP contribution is -2.52. The van der Waals surface area contributed by atoms with E-state index in [1.165, 1.54) is 29.2 Å². The van der Waals surface area contributed by atoms with Crippen LogP contribution < -0.4 is 9.62 Å². The van der Waals surface area contributed by atoms with Crippen LogP contribution in [0.2, 0.25) is 20.1 Å². The molecule has 0 radical (unpaired) electrons. The summed E-state index contributed by atoms with van der Waals surface area (Å²) in [6.07, 6.45) is 0.976. The summed E-state index contributed by atoms with van der Waals surface area (Å²) in [5, 5.41) is 3.64. The maximum atomic E-state index is 14.1. The number of sulfonamides is 1. The van der Waals surface area contributed by atoms with Crippen molar-refractivity contribution < 1.29 is 18.0 Å². The Bertz CT molecular complexity index is 1500. The van der Waals surface area contributed by atoms with Crippen molar-refractivity contribution in [2.24, 2.45) is 0 Å². The van der Waals surface area contributed by atoms with Crippen LogP contribution in [0.1, 0.15) is 37.8 Å². The summed E-state index contributed by atoms with van der Waals surface area (Å²) >= 11 is 25.2. The van der Waals surface area contributed by atoms with Gasteiger partial charge in [-0.2, -0.15) is 0 Å². The number of hydrogen-bond donors (Lipinski definition) is 1. The lowest BCUT2D eigenvalue weighted by atomic mass is 10.1. The van der Waals surface area contributed by atoms with Crippen LogP contribution >= 0.6 is 46.4 Å². The number of hydrogen-bond acceptors (Lipinski definition) is 4. The van der Waals surface area contributed by atoms with E-state index in [1.807, 2.05) is 13.8 Å². The Balaban J connectivity index is 2.12. The Morgan fingerprint density at radius 1 is 0.927 bits per heavy atom. The van der Waals surface area contributed by atoms with E-state index in [4.69, 9.17) is 46.4 Å². The molecule has 1 N–H and O–H groups in total. The fourth-order valence-electron chi connectivity index (χ4n) is 4.15. The van der Waals surface area contributed by atoms with Crippen molar-refractivity contribution in [1.82, 2.24) is 10.2 Å². The minimum absolute atomic E-state index is 0.0287. The van der Waals surface area contributed by atoms with Gasteiger partial charge in [-0.05, 0) is 61.7 Å². The molecule has 0 aromatic heterocycles. The predicted molar refractivity (Wildman–Crippen MR) is 167 cm³/mol. The number of halogens is 4. The zero-order valence-electron chi connectivity index (χ0n) is 22.8. The fraction of sp³-hybridized carbons (Fsp3) is 0.310. The zero-order valence-corrected chi connectivity index (χ0v) is 26.7. The highest BCUT2D eigenvalue weighted by Crippen LogP contribution is 2.36. The number of anilines is 1. The number of aryl methyl sites for hydroxylation is 1. The van der Waals surface area contributed by atoms with Crippen LogP contribution in [-0.4, -0.2) is 44.3 Å². The first-order valence-corrected chi connectivity index (χ1v) is 15.9. The maximum absolute atomic E-state index is 14.1. The molecule has 0 aliphatic carbocycles. The van der Waals surface area contributed by atoms with Crippen molar-refractivity contribution in [2.75, 3.05) is 17.4 Å². The maximum Gasteiger partial charge on any atom is 0.264 e. The molecule has 2 amide bonds. The third kappa shape index (κ3) is 8.08. The molecule has 0 spiro atoms. The third-order valence-corrected chi connectivity index (χ3v) is 9.55.